The van der Waals surface area contributed by atoms with Crippen LogP contribution in [0.15, 0.2) is 0 Å². The SMILES string of the molecule is CCNc1nc(C)nc(NC(C)C(=O)N(C)C)c1C. The van der Waals surface area contributed by atoms with Gasteiger partial charge >= 0.3 is 0 Å². The second kappa shape index (κ2) is 6.36. The summed E-state index contributed by atoms with van der Waals surface area (Å²) in [7, 11) is 3.48. The van der Waals surface area contributed by atoms with Gasteiger partial charge < -0.3 is 15.5 Å². The zero-order valence-corrected chi connectivity index (χ0v) is 12.5. The summed E-state index contributed by atoms with van der Waals surface area (Å²) in [6, 6.07) is -0.322. The number of amides is 1. The number of nitrogens with one attached hydrogen (secondary N) is 2. The van der Waals surface area contributed by atoms with Crippen LogP contribution in [-0.4, -0.2) is 47.5 Å². The number of hydrogen-bond donors (Lipinski definition) is 2. The summed E-state index contributed by atoms with van der Waals surface area (Å²) in [5.41, 5.74) is 0.922. The van der Waals surface area contributed by atoms with Crippen molar-refractivity contribution in [1.82, 2.24) is 14.9 Å². The van der Waals surface area contributed by atoms with E-state index in [9.17, 15) is 4.79 Å². The van der Waals surface area contributed by atoms with Crippen LogP contribution in [0, 0.1) is 13.8 Å². The number of hydrogen-bond acceptors (Lipinski definition) is 5. The van der Waals surface area contributed by atoms with Crippen molar-refractivity contribution in [3.63, 3.8) is 0 Å². The van der Waals surface area contributed by atoms with Gasteiger partial charge in [0.15, 0.2) is 0 Å². The van der Waals surface area contributed by atoms with Gasteiger partial charge in [-0.1, -0.05) is 0 Å². The molecule has 19 heavy (non-hydrogen) atoms. The highest BCUT2D eigenvalue weighted by Crippen LogP contribution is 2.20. The van der Waals surface area contributed by atoms with Crippen LogP contribution < -0.4 is 10.6 Å². The molecule has 1 rings (SSSR count). The van der Waals surface area contributed by atoms with E-state index in [2.05, 4.69) is 20.6 Å². The van der Waals surface area contributed by atoms with E-state index in [0.717, 1.165) is 17.9 Å². The van der Waals surface area contributed by atoms with Gasteiger partial charge in [-0.05, 0) is 27.7 Å². The Morgan fingerprint density at radius 3 is 2.37 bits per heavy atom. The van der Waals surface area contributed by atoms with Crippen molar-refractivity contribution in [1.29, 1.82) is 0 Å². The fraction of sp³-hybridized carbons (Fsp3) is 0.615. The molecule has 6 nitrogen and oxygen atoms in total. The third kappa shape index (κ3) is 3.81. The first-order chi connectivity index (χ1) is 8.86. The predicted octanol–water partition coefficient (Wildman–Crippen LogP) is 1.41. The van der Waals surface area contributed by atoms with Gasteiger partial charge in [-0.3, -0.25) is 4.79 Å². The van der Waals surface area contributed by atoms with Crippen LogP contribution in [0.1, 0.15) is 25.2 Å². The van der Waals surface area contributed by atoms with Gasteiger partial charge in [0, 0.05) is 26.2 Å². The third-order valence-electron chi connectivity index (χ3n) is 2.77. The quantitative estimate of drug-likeness (QED) is 0.842. The van der Waals surface area contributed by atoms with Crippen molar-refractivity contribution in [3.8, 4) is 0 Å². The van der Waals surface area contributed by atoms with Crippen molar-refractivity contribution >= 4 is 17.5 Å². The lowest BCUT2D eigenvalue weighted by molar-refractivity contribution is -0.129. The number of carbonyl (C=O) groups excluding carboxylic acids is 1. The highest BCUT2D eigenvalue weighted by atomic mass is 16.2. The van der Waals surface area contributed by atoms with Gasteiger partial charge in [0.05, 0.1) is 0 Å². The highest BCUT2D eigenvalue weighted by Gasteiger charge is 2.17. The minimum atomic E-state index is -0.322. The number of nitrogens with zero attached hydrogens (tertiary/aromatic N) is 3. The first-order valence-electron chi connectivity index (χ1n) is 6.43. The average molecular weight is 265 g/mol. The maximum Gasteiger partial charge on any atom is 0.244 e. The van der Waals surface area contributed by atoms with Crippen molar-refractivity contribution in [2.75, 3.05) is 31.3 Å². The summed E-state index contributed by atoms with van der Waals surface area (Å²) in [5, 5.41) is 6.34. The molecule has 1 aromatic rings. The van der Waals surface area contributed by atoms with Gasteiger partial charge in [-0.15, -0.1) is 0 Å². The number of anilines is 2. The van der Waals surface area contributed by atoms with Crippen LogP contribution in [0.2, 0.25) is 0 Å². The van der Waals surface area contributed by atoms with Crippen molar-refractivity contribution < 1.29 is 4.79 Å². The average Bonchev–Trinajstić information content (AvgIpc) is 2.34. The lowest BCUT2D eigenvalue weighted by Gasteiger charge is -2.20. The molecule has 0 saturated heterocycles. The van der Waals surface area contributed by atoms with Gasteiger partial charge in [0.25, 0.3) is 0 Å². The minimum absolute atomic E-state index is 0.0145. The van der Waals surface area contributed by atoms with Crippen LogP contribution in [-0.2, 0) is 4.79 Å². The molecule has 0 bridgehead atoms. The van der Waals surface area contributed by atoms with Crippen molar-refractivity contribution in [2.45, 2.75) is 33.7 Å². The molecular formula is C13H23N5O. The minimum Gasteiger partial charge on any atom is -0.370 e. The van der Waals surface area contributed by atoms with Gasteiger partial charge in [0.1, 0.15) is 23.5 Å². The molecule has 0 saturated carbocycles. The maximum absolute atomic E-state index is 11.9. The molecule has 1 aromatic heterocycles. The molecule has 6 heteroatoms. The van der Waals surface area contributed by atoms with Crippen molar-refractivity contribution in [2.24, 2.45) is 0 Å². The molecule has 1 unspecified atom stereocenters. The molecule has 0 spiro atoms. The van der Waals surface area contributed by atoms with Gasteiger partial charge in [-0.25, -0.2) is 9.97 Å². The summed E-state index contributed by atoms with van der Waals surface area (Å²) in [6.45, 7) is 8.41. The predicted molar refractivity (Wildman–Crippen MR) is 77.4 cm³/mol. The molecule has 106 valence electrons. The molecule has 0 fully saturated rings. The summed E-state index contributed by atoms with van der Waals surface area (Å²) >= 11 is 0. The second-order valence-corrected chi connectivity index (χ2v) is 4.72. The summed E-state index contributed by atoms with van der Waals surface area (Å²) in [6.07, 6.45) is 0. The van der Waals surface area contributed by atoms with Crippen LogP contribution >= 0.6 is 0 Å². The Labute approximate surface area is 114 Å². The molecule has 1 amide bonds. The maximum atomic E-state index is 11.9. The normalized spacial score (nSPS) is 11.9. The number of carbonyl (C=O) groups is 1. The van der Waals surface area contributed by atoms with E-state index in [4.69, 9.17) is 0 Å². The zero-order valence-electron chi connectivity index (χ0n) is 12.5. The molecule has 0 aromatic carbocycles. The van der Waals surface area contributed by atoms with E-state index in [-0.39, 0.29) is 11.9 Å². The Balaban J connectivity index is 2.97. The molecule has 2 N–H and O–H groups in total. The molecule has 0 aliphatic carbocycles. The Bertz CT molecular complexity index is 459. The molecule has 1 atom stereocenters. The number of rotatable bonds is 5. The van der Waals surface area contributed by atoms with Crippen molar-refractivity contribution in [3.05, 3.63) is 11.4 Å². The molecular weight excluding hydrogens is 242 g/mol. The lowest BCUT2D eigenvalue weighted by Crippen LogP contribution is -2.37. The number of aryl methyl sites for hydroxylation is 1. The third-order valence-corrected chi connectivity index (χ3v) is 2.77. The van der Waals surface area contributed by atoms with E-state index in [1.54, 1.807) is 19.0 Å². The van der Waals surface area contributed by atoms with Crippen LogP contribution in [0.3, 0.4) is 0 Å². The molecule has 0 aliphatic heterocycles. The van der Waals surface area contributed by atoms with Gasteiger partial charge in [-0.2, -0.15) is 0 Å². The first kappa shape index (κ1) is 15.2. The fourth-order valence-electron chi connectivity index (χ4n) is 1.76. The number of likely N-dealkylation sites (N-methyl/N-ethyl adjacent to an activating group) is 1. The monoisotopic (exact) mass is 265 g/mol. The molecule has 0 radical (unpaired) electrons. The largest absolute Gasteiger partial charge is 0.370 e. The lowest BCUT2D eigenvalue weighted by atomic mass is 10.2. The Hall–Kier alpha value is -1.85. The Morgan fingerprint density at radius 1 is 1.26 bits per heavy atom. The second-order valence-electron chi connectivity index (χ2n) is 4.72. The van der Waals surface area contributed by atoms with E-state index < -0.39 is 0 Å². The van der Waals surface area contributed by atoms with Crippen LogP contribution in [0.5, 0.6) is 0 Å². The number of aromatic nitrogens is 2. The highest BCUT2D eigenvalue weighted by molar-refractivity contribution is 5.84. The molecule has 0 aliphatic rings. The summed E-state index contributed by atoms with van der Waals surface area (Å²) < 4.78 is 0. The summed E-state index contributed by atoms with van der Waals surface area (Å²) in [4.78, 5) is 22.1. The zero-order chi connectivity index (χ0) is 14.6. The first-order valence-corrected chi connectivity index (χ1v) is 6.43. The van der Waals surface area contributed by atoms with E-state index in [0.29, 0.717) is 11.6 Å². The topological polar surface area (TPSA) is 70.1 Å². The summed E-state index contributed by atoms with van der Waals surface area (Å²) in [5.74, 6) is 2.20. The van der Waals surface area contributed by atoms with E-state index in [1.165, 1.54) is 0 Å². The Morgan fingerprint density at radius 2 is 1.84 bits per heavy atom. The smallest absolute Gasteiger partial charge is 0.244 e. The van der Waals surface area contributed by atoms with Gasteiger partial charge in [0.2, 0.25) is 5.91 Å². The Kier molecular flexibility index (Phi) is 5.09. The fourth-order valence-corrected chi connectivity index (χ4v) is 1.76. The van der Waals surface area contributed by atoms with Crippen LogP contribution in [0.4, 0.5) is 11.6 Å². The van der Waals surface area contributed by atoms with Crippen LogP contribution in [0.25, 0.3) is 0 Å². The van der Waals surface area contributed by atoms with E-state index in [1.807, 2.05) is 27.7 Å². The van der Waals surface area contributed by atoms with E-state index >= 15 is 0 Å². The standard InChI is InChI=1S/C13H23N5O/c1-7-14-11-8(2)12(17-10(4)16-11)15-9(3)13(19)18(5)6/h9H,7H2,1-6H3,(H2,14,15,16,17). The molecule has 1 heterocycles.